The van der Waals surface area contributed by atoms with Gasteiger partial charge in [-0.2, -0.15) is 0 Å². The van der Waals surface area contributed by atoms with Crippen molar-refractivity contribution in [3.63, 3.8) is 0 Å². The molecule has 0 amide bonds. The highest BCUT2D eigenvalue weighted by atomic mass is 16.5. The lowest BCUT2D eigenvalue weighted by molar-refractivity contribution is -0.143. The highest BCUT2D eigenvalue weighted by Gasteiger charge is 2.08. The number of ether oxygens (including phenoxy) is 1. The smallest absolute Gasteiger partial charge is 0.313 e. The molecular formula is C13H22O4. The average molecular weight is 242 g/mol. The van der Waals surface area contributed by atoms with Crippen molar-refractivity contribution in [1.29, 1.82) is 0 Å². The average Bonchev–Trinajstić information content (AvgIpc) is 2.32. The first-order valence-corrected chi connectivity index (χ1v) is 6.23. The van der Waals surface area contributed by atoms with Crippen molar-refractivity contribution in [3.05, 3.63) is 0 Å². The third kappa shape index (κ3) is 11.1. The SMILES string of the molecule is COC(=O)CC(=O)CCCCCCCCC=O. The lowest BCUT2D eigenvalue weighted by atomic mass is 10.1. The molecule has 0 bridgehead atoms. The van der Waals surface area contributed by atoms with E-state index < -0.39 is 5.97 Å². The van der Waals surface area contributed by atoms with Gasteiger partial charge in [-0.15, -0.1) is 0 Å². The van der Waals surface area contributed by atoms with Crippen LogP contribution in [-0.2, 0) is 19.1 Å². The van der Waals surface area contributed by atoms with E-state index in [9.17, 15) is 14.4 Å². The number of hydrogen-bond acceptors (Lipinski definition) is 4. The van der Waals surface area contributed by atoms with E-state index in [4.69, 9.17) is 0 Å². The minimum Gasteiger partial charge on any atom is -0.469 e. The number of carbonyl (C=O) groups excluding carboxylic acids is 3. The van der Waals surface area contributed by atoms with Crippen LogP contribution in [-0.4, -0.2) is 25.1 Å². The number of ketones is 1. The number of hydrogen-bond donors (Lipinski definition) is 0. The summed E-state index contributed by atoms with van der Waals surface area (Å²) >= 11 is 0. The van der Waals surface area contributed by atoms with E-state index in [1.807, 2.05) is 0 Å². The molecule has 0 aromatic heterocycles. The number of unbranched alkanes of at least 4 members (excludes halogenated alkanes) is 6. The Balaban J connectivity index is 3.24. The Kier molecular flexibility index (Phi) is 10.5. The quantitative estimate of drug-likeness (QED) is 0.242. The van der Waals surface area contributed by atoms with E-state index in [2.05, 4.69) is 4.74 Å². The molecule has 0 N–H and O–H groups in total. The van der Waals surface area contributed by atoms with Gasteiger partial charge in [-0.3, -0.25) is 9.59 Å². The molecule has 0 saturated heterocycles. The third-order valence-electron chi connectivity index (χ3n) is 2.60. The van der Waals surface area contributed by atoms with Crippen LogP contribution in [0.4, 0.5) is 0 Å². The Hall–Kier alpha value is -1.19. The molecule has 4 heteroatoms. The zero-order valence-electron chi connectivity index (χ0n) is 10.6. The first-order chi connectivity index (χ1) is 8.20. The van der Waals surface area contributed by atoms with Gasteiger partial charge in [-0.1, -0.05) is 25.7 Å². The summed E-state index contributed by atoms with van der Waals surface area (Å²) in [5.74, 6) is -0.498. The molecule has 17 heavy (non-hydrogen) atoms. The maximum Gasteiger partial charge on any atom is 0.313 e. The predicted molar refractivity (Wildman–Crippen MR) is 64.6 cm³/mol. The van der Waals surface area contributed by atoms with Crippen LogP contribution in [0.25, 0.3) is 0 Å². The molecule has 0 heterocycles. The minimum absolute atomic E-state index is 0.0437. The van der Waals surface area contributed by atoms with Gasteiger partial charge in [0, 0.05) is 12.8 Å². The number of Topliss-reactive ketones (excluding diaryl/α,β-unsaturated/α-hetero) is 1. The van der Waals surface area contributed by atoms with Gasteiger partial charge in [0.15, 0.2) is 0 Å². The zero-order chi connectivity index (χ0) is 12.9. The van der Waals surface area contributed by atoms with E-state index in [-0.39, 0.29) is 12.2 Å². The largest absolute Gasteiger partial charge is 0.469 e. The summed E-state index contributed by atoms with van der Waals surface area (Å²) in [5, 5.41) is 0. The molecule has 0 spiro atoms. The molecule has 0 saturated carbocycles. The first kappa shape index (κ1) is 15.8. The van der Waals surface area contributed by atoms with Crippen molar-refractivity contribution in [3.8, 4) is 0 Å². The molecular weight excluding hydrogens is 220 g/mol. The number of methoxy groups -OCH3 is 1. The van der Waals surface area contributed by atoms with Crippen LogP contribution in [0.5, 0.6) is 0 Å². The van der Waals surface area contributed by atoms with Gasteiger partial charge in [0.05, 0.1) is 7.11 Å². The molecule has 0 aromatic rings. The third-order valence-corrected chi connectivity index (χ3v) is 2.60. The maximum absolute atomic E-state index is 11.2. The first-order valence-electron chi connectivity index (χ1n) is 6.23. The van der Waals surface area contributed by atoms with Gasteiger partial charge in [-0.05, 0) is 12.8 Å². The number of esters is 1. The predicted octanol–water partition coefficient (Wildman–Crippen LogP) is 2.44. The monoisotopic (exact) mass is 242 g/mol. The molecule has 0 fully saturated rings. The van der Waals surface area contributed by atoms with Gasteiger partial charge < -0.3 is 9.53 Å². The van der Waals surface area contributed by atoms with Crippen LogP contribution in [0.15, 0.2) is 0 Å². The van der Waals surface area contributed by atoms with Crippen LogP contribution < -0.4 is 0 Å². The fraction of sp³-hybridized carbons (Fsp3) is 0.769. The lowest BCUT2D eigenvalue weighted by Crippen LogP contribution is -2.08. The Bertz CT molecular complexity index is 236. The molecule has 0 aliphatic rings. The second kappa shape index (κ2) is 11.3. The standard InChI is InChI=1S/C13H22O4/c1-17-13(16)11-12(15)9-7-5-3-2-4-6-8-10-14/h10H,2-9,11H2,1H3. The summed E-state index contributed by atoms with van der Waals surface area (Å²) in [4.78, 5) is 32.1. The van der Waals surface area contributed by atoms with Crippen LogP contribution in [0.1, 0.15) is 57.8 Å². The number of aldehydes is 1. The van der Waals surface area contributed by atoms with Crippen molar-refractivity contribution in [2.75, 3.05) is 7.11 Å². The summed E-state index contributed by atoms with van der Waals surface area (Å²) in [6, 6.07) is 0. The number of rotatable bonds is 11. The lowest BCUT2D eigenvalue weighted by Gasteiger charge is -2.01. The van der Waals surface area contributed by atoms with Crippen LogP contribution in [0.2, 0.25) is 0 Å². The number of carbonyl (C=O) groups is 3. The highest BCUT2D eigenvalue weighted by Crippen LogP contribution is 2.09. The van der Waals surface area contributed by atoms with Crippen molar-refractivity contribution in [2.45, 2.75) is 57.8 Å². The van der Waals surface area contributed by atoms with Gasteiger partial charge in [0.25, 0.3) is 0 Å². The van der Waals surface area contributed by atoms with E-state index in [1.165, 1.54) is 7.11 Å². The van der Waals surface area contributed by atoms with Crippen LogP contribution in [0.3, 0.4) is 0 Å². The summed E-state index contributed by atoms with van der Waals surface area (Å²) < 4.78 is 4.41. The molecule has 0 aliphatic heterocycles. The molecule has 0 atom stereocenters. The van der Waals surface area contributed by atoms with Crippen molar-refractivity contribution in [2.24, 2.45) is 0 Å². The van der Waals surface area contributed by atoms with Crippen molar-refractivity contribution in [1.82, 2.24) is 0 Å². The topological polar surface area (TPSA) is 60.4 Å². The van der Waals surface area contributed by atoms with Crippen molar-refractivity contribution < 1.29 is 19.1 Å². The molecule has 4 nitrogen and oxygen atoms in total. The van der Waals surface area contributed by atoms with Gasteiger partial charge >= 0.3 is 5.97 Å². The molecule has 0 unspecified atom stereocenters. The molecule has 0 rings (SSSR count). The van der Waals surface area contributed by atoms with Gasteiger partial charge in [0.2, 0.25) is 0 Å². The van der Waals surface area contributed by atoms with Gasteiger partial charge in [-0.25, -0.2) is 0 Å². The second-order valence-corrected chi connectivity index (χ2v) is 4.12. The van der Waals surface area contributed by atoms with E-state index >= 15 is 0 Å². The van der Waals surface area contributed by atoms with Crippen LogP contribution >= 0.6 is 0 Å². The summed E-state index contributed by atoms with van der Waals surface area (Å²) in [5.41, 5.74) is 0. The molecule has 0 aromatic carbocycles. The van der Waals surface area contributed by atoms with Crippen LogP contribution in [0, 0.1) is 0 Å². The Morgan fingerprint density at radius 1 is 1.00 bits per heavy atom. The zero-order valence-corrected chi connectivity index (χ0v) is 10.6. The molecule has 0 radical (unpaired) electrons. The van der Waals surface area contributed by atoms with E-state index in [0.717, 1.165) is 44.8 Å². The fourth-order valence-corrected chi connectivity index (χ4v) is 1.58. The van der Waals surface area contributed by atoms with Crippen molar-refractivity contribution >= 4 is 18.0 Å². The highest BCUT2D eigenvalue weighted by molar-refractivity contribution is 5.95. The Labute approximate surface area is 103 Å². The Morgan fingerprint density at radius 3 is 2.18 bits per heavy atom. The van der Waals surface area contributed by atoms with E-state index in [1.54, 1.807) is 0 Å². The second-order valence-electron chi connectivity index (χ2n) is 4.12. The maximum atomic E-state index is 11.2. The molecule has 98 valence electrons. The van der Waals surface area contributed by atoms with Gasteiger partial charge in [0.1, 0.15) is 18.5 Å². The minimum atomic E-state index is -0.455. The molecule has 0 aliphatic carbocycles. The normalized spacial score (nSPS) is 9.94. The summed E-state index contributed by atoms with van der Waals surface area (Å²) in [6.07, 6.45) is 8.04. The fourth-order valence-electron chi connectivity index (χ4n) is 1.58. The van der Waals surface area contributed by atoms with E-state index in [0.29, 0.717) is 12.8 Å². The Morgan fingerprint density at radius 2 is 1.59 bits per heavy atom. The summed E-state index contributed by atoms with van der Waals surface area (Å²) in [6.45, 7) is 0. The summed E-state index contributed by atoms with van der Waals surface area (Å²) in [7, 11) is 1.29.